The highest BCUT2D eigenvalue weighted by Crippen LogP contribution is 2.32. The minimum absolute atomic E-state index is 0.134. The van der Waals surface area contributed by atoms with Crippen molar-refractivity contribution in [1.29, 1.82) is 0 Å². The van der Waals surface area contributed by atoms with Crippen LogP contribution >= 0.6 is 12.2 Å². The Hall–Kier alpha value is -2.59. The Bertz CT molecular complexity index is 885. The highest BCUT2D eigenvalue weighted by molar-refractivity contribution is 7.80. The molecule has 0 saturated heterocycles. The molecule has 1 aromatic heterocycles. The Balaban J connectivity index is 1.66. The molecule has 0 spiro atoms. The van der Waals surface area contributed by atoms with Crippen molar-refractivity contribution < 1.29 is 0 Å². The monoisotopic (exact) mass is 347 g/mol. The molecule has 1 unspecified atom stereocenters. The molecular weight excluding hydrogens is 326 g/mol. The number of fused-ring (bicyclic) bond motifs is 1. The van der Waals surface area contributed by atoms with Gasteiger partial charge in [0.2, 0.25) is 0 Å². The van der Waals surface area contributed by atoms with Crippen LogP contribution in [0.2, 0.25) is 0 Å². The van der Waals surface area contributed by atoms with Crippen LogP contribution in [0.4, 0.5) is 5.69 Å². The lowest BCUT2D eigenvalue weighted by Crippen LogP contribution is -2.44. The number of nitrogens with one attached hydrogen (secondary N) is 1. The van der Waals surface area contributed by atoms with E-state index in [-0.39, 0.29) is 6.04 Å². The van der Waals surface area contributed by atoms with Crippen LogP contribution < -0.4 is 5.32 Å². The molecule has 0 saturated carbocycles. The number of benzene rings is 2. The summed E-state index contributed by atoms with van der Waals surface area (Å²) >= 11 is 5.78. The van der Waals surface area contributed by atoms with Crippen LogP contribution in [0.3, 0.4) is 0 Å². The van der Waals surface area contributed by atoms with Crippen LogP contribution in [-0.4, -0.2) is 21.1 Å². The Labute approximate surface area is 153 Å². The van der Waals surface area contributed by atoms with Gasteiger partial charge in [0.15, 0.2) is 5.11 Å². The lowest BCUT2D eigenvalue weighted by Gasteiger charge is -2.39. The van der Waals surface area contributed by atoms with Crippen LogP contribution in [0.1, 0.15) is 22.9 Å². The molecule has 1 atom stereocenters. The van der Waals surface area contributed by atoms with E-state index in [0.29, 0.717) is 0 Å². The minimum atomic E-state index is 0.134. The second-order valence-corrected chi connectivity index (χ2v) is 6.82. The second-order valence-electron chi connectivity index (χ2n) is 6.43. The quantitative estimate of drug-likeness (QED) is 0.684. The number of thiocarbonyl (C=S) groups is 1. The Morgan fingerprint density at radius 1 is 1.00 bits per heavy atom. The average molecular weight is 347 g/mol. The molecule has 0 radical (unpaired) electrons. The van der Waals surface area contributed by atoms with Crippen molar-refractivity contribution in [1.82, 2.24) is 9.47 Å². The zero-order chi connectivity index (χ0) is 17.2. The highest BCUT2D eigenvalue weighted by Gasteiger charge is 2.30. The average Bonchev–Trinajstić information content (AvgIpc) is 3.10. The lowest BCUT2D eigenvalue weighted by molar-refractivity contribution is 0.293. The summed E-state index contributed by atoms with van der Waals surface area (Å²) in [5.74, 6) is 0. The number of aryl methyl sites for hydroxylation is 1. The van der Waals surface area contributed by atoms with Crippen molar-refractivity contribution in [2.45, 2.75) is 19.5 Å². The smallest absolute Gasteiger partial charge is 0.174 e. The summed E-state index contributed by atoms with van der Waals surface area (Å²) in [5.41, 5.74) is 4.80. The summed E-state index contributed by atoms with van der Waals surface area (Å²) in [6, 6.07) is 23.4. The first-order chi connectivity index (χ1) is 12.2. The number of hydrogen-bond donors (Lipinski definition) is 1. The van der Waals surface area contributed by atoms with E-state index in [9.17, 15) is 0 Å². The summed E-state index contributed by atoms with van der Waals surface area (Å²) in [7, 11) is 0. The first kappa shape index (κ1) is 15.9. The molecule has 2 heterocycles. The fraction of sp³-hybridized carbons (Fsp3) is 0.190. The van der Waals surface area contributed by atoms with E-state index in [1.807, 2.05) is 0 Å². The van der Waals surface area contributed by atoms with Gasteiger partial charge in [0.05, 0.1) is 6.04 Å². The van der Waals surface area contributed by atoms with Gasteiger partial charge in [-0.05, 0) is 54.5 Å². The molecule has 1 aliphatic heterocycles. The molecule has 2 aromatic carbocycles. The predicted molar refractivity (Wildman–Crippen MR) is 107 cm³/mol. The third kappa shape index (κ3) is 3.17. The van der Waals surface area contributed by atoms with Crippen molar-refractivity contribution in [2.75, 3.05) is 11.9 Å². The van der Waals surface area contributed by atoms with Gasteiger partial charge in [0.1, 0.15) is 0 Å². The maximum atomic E-state index is 5.78. The van der Waals surface area contributed by atoms with E-state index in [2.05, 4.69) is 94.6 Å². The lowest BCUT2D eigenvalue weighted by atomic mass is 10.0. The van der Waals surface area contributed by atoms with E-state index >= 15 is 0 Å². The molecule has 0 amide bonds. The Morgan fingerprint density at radius 2 is 1.84 bits per heavy atom. The molecule has 25 heavy (non-hydrogen) atoms. The molecule has 0 bridgehead atoms. The maximum absolute atomic E-state index is 5.78. The van der Waals surface area contributed by atoms with Crippen LogP contribution in [0.25, 0.3) is 0 Å². The van der Waals surface area contributed by atoms with Crippen molar-refractivity contribution in [3.05, 3.63) is 89.7 Å². The Kier molecular flexibility index (Phi) is 4.28. The molecule has 3 nitrogen and oxygen atoms in total. The number of nitrogens with zero attached hydrogens (tertiary/aromatic N) is 2. The highest BCUT2D eigenvalue weighted by atomic mass is 32.1. The van der Waals surface area contributed by atoms with Gasteiger partial charge in [-0.3, -0.25) is 0 Å². The third-order valence-corrected chi connectivity index (χ3v) is 5.02. The predicted octanol–water partition coefficient (Wildman–Crippen LogP) is 4.60. The minimum Gasteiger partial charge on any atom is -0.348 e. The van der Waals surface area contributed by atoms with Crippen LogP contribution in [0.15, 0.2) is 72.9 Å². The summed E-state index contributed by atoms with van der Waals surface area (Å²) in [5, 5.41) is 4.19. The van der Waals surface area contributed by atoms with E-state index in [1.54, 1.807) is 0 Å². The second kappa shape index (κ2) is 6.73. The first-order valence-electron chi connectivity index (χ1n) is 8.56. The maximum Gasteiger partial charge on any atom is 0.174 e. The van der Waals surface area contributed by atoms with Crippen LogP contribution in [0, 0.1) is 6.92 Å². The van der Waals surface area contributed by atoms with E-state index in [4.69, 9.17) is 12.2 Å². The SMILES string of the molecule is Cc1cccc(NC(=S)N2CCn3cccc3C2c2ccccc2)c1. The van der Waals surface area contributed by atoms with E-state index < -0.39 is 0 Å². The van der Waals surface area contributed by atoms with Gasteiger partial charge in [-0.2, -0.15) is 0 Å². The summed E-state index contributed by atoms with van der Waals surface area (Å²) < 4.78 is 2.32. The van der Waals surface area contributed by atoms with Crippen molar-refractivity contribution in [3.63, 3.8) is 0 Å². The number of aromatic nitrogens is 1. The topological polar surface area (TPSA) is 20.2 Å². The first-order valence-corrected chi connectivity index (χ1v) is 8.97. The number of anilines is 1. The fourth-order valence-electron chi connectivity index (χ4n) is 3.51. The number of hydrogen-bond acceptors (Lipinski definition) is 1. The molecule has 0 fully saturated rings. The van der Waals surface area contributed by atoms with Gasteiger partial charge < -0.3 is 14.8 Å². The largest absolute Gasteiger partial charge is 0.348 e. The standard InChI is InChI=1S/C21H21N3S/c1-16-7-5-10-18(15-16)22-21(25)24-14-13-23-12-6-11-19(23)20(24)17-8-3-2-4-9-17/h2-12,15,20H,13-14H2,1H3,(H,22,25). The van der Waals surface area contributed by atoms with Gasteiger partial charge in [0.25, 0.3) is 0 Å². The van der Waals surface area contributed by atoms with Crippen LogP contribution in [-0.2, 0) is 6.54 Å². The zero-order valence-corrected chi connectivity index (χ0v) is 15.0. The summed E-state index contributed by atoms with van der Waals surface area (Å²) in [4.78, 5) is 2.29. The van der Waals surface area contributed by atoms with Gasteiger partial charge in [-0.1, -0.05) is 42.5 Å². The normalized spacial score (nSPS) is 16.4. The fourth-order valence-corrected chi connectivity index (χ4v) is 3.82. The third-order valence-electron chi connectivity index (χ3n) is 4.68. The van der Waals surface area contributed by atoms with Crippen LogP contribution in [0.5, 0.6) is 0 Å². The van der Waals surface area contributed by atoms with Gasteiger partial charge in [0, 0.05) is 30.7 Å². The molecule has 1 N–H and O–H groups in total. The molecule has 0 aliphatic carbocycles. The molecular formula is C21H21N3S. The van der Waals surface area contributed by atoms with Crippen molar-refractivity contribution in [2.24, 2.45) is 0 Å². The number of rotatable bonds is 2. The van der Waals surface area contributed by atoms with Gasteiger partial charge >= 0.3 is 0 Å². The molecule has 3 aromatic rings. The summed E-state index contributed by atoms with van der Waals surface area (Å²) in [6.07, 6.45) is 2.15. The molecule has 1 aliphatic rings. The molecule has 4 heteroatoms. The van der Waals surface area contributed by atoms with Crippen molar-refractivity contribution in [3.8, 4) is 0 Å². The van der Waals surface area contributed by atoms with E-state index in [0.717, 1.165) is 23.9 Å². The molecule has 4 rings (SSSR count). The summed E-state index contributed by atoms with van der Waals surface area (Å²) in [6.45, 7) is 3.93. The van der Waals surface area contributed by atoms with Crippen molar-refractivity contribution >= 4 is 23.0 Å². The Morgan fingerprint density at radius 3 is 2.64 bits per heavy atom. The van der Waals surface area contributed by atoms with Gasteiger partial charge in [-0.25, -0.2) is 0 Å². The molecule has 126 valence electrons. The zero-order valence-electron chi connectivity index (χ0n) is 14.2. The van der Waals surface area contributed by atoms with Gasteiger partial charge in [-0.15, -0.1) is 0 Å². The van der Waals surface area contributed by atoms with E-state index in [1.165, 1.54) is 16.8 Å².